The molecule has 0 saturated carbocycles. The lowest BCUT2D eigenvalue weighted by Crippen LogP contribution is -2.36. The topological polar surface area (TPSA) is 76.4 Å². The lowest BCUT2D eigenvalue weighted by Gasteiger charge is -2.23. The van der Waals surface area contributed by atoms with Crippen LogP contribution in [-0.4, -0.2) is 31.1 Å². The van der Waals surface area contributed by atoms with Crippen LogP contribution < -0.4 is 0 Å². The van der Waals surface area contributed by atoms with Gasteiger partial charge in [0.05, 0.1) is 11.6 Å². The van der Waals surface area contributed by atoms with E-state index in [0.717, 1.165) is 22.3 Å². The molecule has 3 rings (SSSR count). The summed E-state index contributed by atoms with van der Waals surface area (Å²) in [6.07, 6.45) is 0.578. The molecule has 0 atom stereocenters. The van der Waals surface area contributed by atoms with Gasteiger partial charge >= 0.3 is 0 Å². The van der Waals surface area contributed by atoms with Crippen molar-refractivity contribution in [2.45, 2.75) is 32.8 Å². The molecular formula is C28H27NO4. The number of ketones is 2. The van der Waals surface area contributed by atoms with Gasteiger partial charge in [0.1, 0.15) is 12.4 Å². The number of nitriles is 1. The van der Waals surface area contributed by atoms with Crippen molar-refractivity contribution in [3.05, 3.63) is 94.5 Å². The Balaban J connectivity index is 1.86. The van der Waals surface area contributed by atoms with Crippen molar-refractivity contribution in [3.63, 3.8) is 0 Å². The molecule has 0 heterocycles. The third-order valence-electron chi connectivity index (χ3n) is 5.46. The van der Waals surface area contributed by atoms with Crippen LogP contribution in [0.15, 0.2) is 66.7 Å². The Bertz CT molecular complexity index is 1190. The summed E-state index contributed by atoms with van der Waals surface area (Å²) in [5.41, 5.74) is 4.49. The number of carbonyl (C=O) groups excluding carboxylic acids is 2. The minimum Gasteiger partial charge on any atom is -0.359 e. The van der Waals surface area contributed by atoms with E-state index in [1.807, 2.05) is 48.5 Å². The first-order valence-electron chi connectivity index (χ1n) is 10.7. The molecule has 3 aromatic rings. The number of hydrogen-bond acceptors (Lipinski definition) is 5. The van der Waals surface area contributed by atoms with Gasteiger partial charge in [-0.2, -0.15) is 5.26 Å². The van der Waals surface area contributed by atoms with E-state index in [0.29, 0.717) is 23.1 Å². The highest BCUT2D eigenvalue weighted by molar-refractivity contribution is 6.04. The summed E-state index contributed by atoms with van der Waals surface area (Å²) in [6.45, 7) is 4.88. The summed E-state index contributed by atoms with van der Waals surface area (Å²) >= 11 is 0. The summed E-state index contributed by atoms with van der Waals surface area (Å²) in [7, 11) is 1.50. The lowest BCUT2D eigenvalue weighted by atomic mass is 9.91. The van der Waals surface area contributed by atoms with Crippen molar-refractivity contribution in [1.82, 2.24) is 0 Å². The van der Waals surface area contributed by atoms with E-state index in [4.69, 9.17) is 14.7 Å². The van der Waals surface area contributed by atoms with Gasteiger partial charge in [0.15, 0.2) is 11.6 Å². The van der Waals surface area contributed by atoms with E-state index in [9.17, 15) is 9.59 Å². The number of carbonyl (C=O) groups is 2. The summed E-state index contributed by atoms with van der Waals surface area (Å²) in [6, 6.07) is 23.0. The monoisotopic (exact) mass is 441 g/mol. The van der Waals surface area contributed by atoms with E-state index in [1.165, 1.54) is 14.0 Å². The predicted octanol–water partition coefficient (Wildman–Crippen LogP) is 5.60. The Morgan fingerprint density at radius 3 is 2.00 bits per heavy atom. The second kappa shape index (κ2) is 10.4. The maximum atomic E-state index is 13.1. The van der Waals surface area contributed by atoms with Crippen LogP contribution in [0, 0.1) is 11.3 Å². The highest BCUT2D eigenvalue weighted by Crippen LogP contribution is 2.24. The van der Waals surface area contributed by atoms with Crippen molar-refractivity contribution in [2.24, 2.45) is 0 Å². The summed E-state index contributed by atoms with van der Waals surface area (Å²) in [5.74, 6) is -0.308. The molecule has 0 saturated heterocycles. The normalized spacial score (nSPS) is 11.1. The zero-order valence-corrected chi connectivity index (χ0v) is 19.3. The summed E-state index contributed by atoms with van der Waals surface area (Å²) < 4.78 is 10.5. The average Bonchev–Trinajstić information content (AvgIpc) is 2.82. The Kier molecular flexibility index (Phi) is 7.55. The SMILES string of the molecule is COCOC(C)(C)C(=O)c1cc(Cc2ccc(-c3ccc(C#N)cc3)cc2)cc(C(C)=O)c1. The third kappa shape index (κ3) is 6.01. The van der Waals surface area contributed by atoms with Crippen LogP contribution in [0.5, 0.6) is 0 Å². The first-order chi connectivity index (χ1) is 15.7. The number of ether oxygens (including phenoxy) is 2. The molecule has 0 radical (unpaired) electrons. The fourth-order valence-corrected chi connectivity index (χ4v) is 3.54. The fourth-order valence-electron chi connectivity index (χ4n) is 3.54. The highest BCUT2D eigenvalue weighted by Gasteiger charge is 2.30. The van der Waals surface area contributed by atoms with Crippen LogP contribution in [0.1, 0.15) is 58.2 Å². The molecule has 5 heteroatoms. The third-order valence-corrected chi connectivity index (χ3v) is 5.46. The van der Waals surface area contributed by atoms with Crippen LogP contribution in [-0.2, 0) is 15.9 Å². The minimum atomic E-state index is -1.08. The average molecular weight is 442 g/mol. The molecule has 0 spiro atoms. The number of benzene rings is 3. The second-order valence-electron chi connectivity index (χ2n) is 8.43. The number of rotatable bonds is 9. The van der Waals surface area contributed by atoms with Crippen molar-refractivity contribution in [3.8, 4) is 17.2 Å². The number of Topliss-reactive ketones (excluding diaryl/α,β-unsaturated/α-hetero) is 2. The van der Waals surface area contributed by atoms with Gasteiger partial charge in [-0.15, -0.1) is 0 Å². The van der Waals surface area contributed by atoms with E-state index in [1.54, 1.807) is 32.0 Å². The molecule has 168 valence electrons. The molecular weight excluding hydrogens is 414 g/mol. The Hall–Kier alpha value is -3.59. The Morgan fingerprint density at radius 2 is 1.45 bits per heavy atom. The molecule has 0 unspecified atom stereocenters. The van der Waals surface area contributed by atoms with Gasteiger partial charge < -0.3 is 9.47 Å². The molecule has 5 nitrogen and oxygen atoms in total. The van der Waals surface area contributed by atoms with E-state index >= 15 is 0 Å². The Morgan fingerprint density at radius 1 is 0.879 bits per heavy atom. The summed E-state index contributed by atoms with van der Waals surface area (Å²) in [4.78, 5) is 25.2. The van der Waals surface area contributed by atoms with Crippen LogP contribution in [0.3, 0.4) is 0 Å². The van der Waals surface area contributed by atoms with Crippen LogP contribution in [0.2, 0.25) is 0 Å². The molecule has 0 amide bonds. The first-order valence-corrected chi connectivity index (χ1v) is 10.7. The molecule has 0 aliphatic heterocycles. The van der Waals surface area contributed by atoms with E-state index in [2.05, 4.69) is 6.07 Å². The number of nitrogens with zero attached hydrogens (tertiary/aromatic N) is 1. The zero-order valence-electron chi connectivity index (χ0n) is 19.3. The Labute approximate surface area is 194 Å². The molecule has 0 bridgehead atoms. The molecule has 0 aromatic heterocycles. The lowest BCUT2D eigenvalue weighted by molar-refractivity contribution is -0.0951. The molecule has 33 heavy (non-hydrogen) atoms. The first kappa shape index (κ1) is 24.1. The van der Waals surface area contributed by atoms with Gasteiger partial charge in [0, 0.05) is 18.2 Å². The quantitative estimate of drug-likeness (QED) is 0.319. The molecule has 0 N–H and O–H groups in total. The van der Waals surface area contributed by atoms with Crippen molar-refractivity contribution >= 4 is 11.6 Å². The van der Waals surface area contributed by atoms with E-state index in [-0.39, 0.29) is 18.4 Å². The van der Waals surface area contributed by atoms with Gasteiger partial charge in [-0.05, 0) is 79.8 Å². The van der Waals surface area contributed by atoms with Gasteiger partial charge in [0.2, 0.25) is 0 Å². The van der Waals surface area contributed by atoms with Gasteiger partial charge in [0.25, 0.3) is 0 Å². The van der Waals surface area contributed by atoms with Crippen molar-refractivity contribution in [1.29, 1.82) is 5.26 Å². The molecule has 3 aromatic carbocycles. The highest BCUT2D eigenvalue weighted by atomic mass is 16.7. The van der Waals surface area contributed by atoms with E-state index < -0.39 is 5.60 Å². The molecule has 0 fully saturated rings. The van der Waals surface area contributed by atoms with Gasteiger partial charge in [-0.25, -0.2) is 0 Å². The van der Waals surface area contributed by atoms with Gasteiger partial charge in [-0.1, -0.05) is 36.4 Å². The second-order valence-corrected chi connectivity index (χ2v) is 8.43. The fraction of sp³-hybridized carbons (Fsp3) is 0.250. The van der Waals surface area contributed by atoms with Gasteiger partial charge in [-0.3, -0.25) is 9.59 Å². The maximum Gasteiger partial charge on any atom is 0.194 e. The number of hydrogen-bond donors (Lipinski definition) is 0. The van der Waals surface area contributed by atoms with Crippen molar-refractivity contribution < 1.29 is 19.1 Å². The largest absolute Gasteiger partial charge is 0.359 e. The zero-order chi connectivity index (χ0) is 24.0. The smallest absolute Gasteiger partial charge is 0.194 e. The van der Waals surface area contributed by atoms with Crippen molar-refractivity contribution in [2.75, 3.05) is 13.9 Å². The van der Waals surface area contributed by atoms with Crippen LogP contribution in [0.4, 0.5) is 0 Å². The standard InChI is InChI=1S/C28H27NO4/c1-19(30)25-14-22(15-26(16-25)27(31)28(2,3)33-18-32-4)13-20-5-9-23(10-6-20)24-11-7-21(17-29)8-12-24/h5-12,14-16H,13,18H2,1-4H3. The van der Waals surface area contributed by atoms with Crippen LogP contribution >= 0.6 is 0 Å². The minimum absolute atomic E-state index is 0.00356. The van der Waals surface area contributed by atoms with Crippen LogP contribution in [0.25, 0.3) is 11.1 Å². The molecule has 0 aliphatic carbocycles. The molecule has 0 aliphatic rings. The number of methoxy groups -OCH3 is 1. The summed E-state index contributed by atoms with van der Waals surface area (Å²) in [5, 5.41) is 8.96. The maximum absolute atomic E-state index is 13.1. The predicted molar refractivity (Wildman–Crippen MR) is 127 cm³/mol.